The van der Waals surface area contributed by atoms with Gasteiger partial charge in [-0.1, -0.05) is 19.3 Å². The Bertz CT molecular complexity index is 555. The van der Waals surface area contributed by atoms with Gasteiger partial charge in [0.2, 0.25) is 5.95 Å². The number of nitrogens with two attached hydrogens (primary N) is 1. The lowest BCUT2D eigenvalue weighted by atomic mass is 9.89. The van der Waals surface area contributed by atoms with Gasteiger partial charge in [0, 0.05) is 12.6 Å². The van der Waals surface area contributed by atoms with Crippen LogP contribution >= 0.6 is 0 Å². The third-order valence-corrected chi connectivity index (χ3v) is 3.91. The van der Waals surface area contributed by atoms with Crippen molar-refractivity contribution in [2.75, 3.05) is 5.73 Å². The number of imidazole rings is 1. The summed E-state index contributed by atoms with van der Waals surface area (Å²) in [7, 11) is 0. The summed E-state index contributed by atoms with van der Waals surface area (Å²) in [4.78, 5) is 4.24. The Morgan fingerprint density at radius 2 is 2.06 bits per heavy atom. The Labute approximate surface area is 106 Å². The molecule has 0 atom stereocenters. The summed E-state index contributed by atoms with van der Waals surface area (Å²) in [6, 6.07) is 4.70. The van der Waals surface area contributed by atoms with Gasteiger partial charge < -0.3 is 10.3 Å². The minimum Gasteiger partial charge on any atom is -0.369 e. The molecule has 1 aromatic heterocycles. The topological polar surface area (TPSA) is 43.8 Å². The normalized spacial score (nSPS) is 17.4. The fourth-order valence-electron chi connectivity index (χ4n) is 2.94. The molecule has 1 saturated carbocycles. The van der Waals surface area contributed by atoms with Crippen molar-refractivity contribution in [1.29, 1.82) is 0 Å². The van der Waals surface area contributed by atoms with Gasteiger partial charge in [-0.05, 0) is 30.9 Å². The number of nitrogens with zero attached hydrogens (tertiary/aromatic N) is 2. The van der Waals surface area contributed by atoms with Gasteiger partial charge in [-0.3, -0.25) is 0 Å². The molecule has 96 valence electrons. The van der Waals surface area contributed by atoms with E-state index < -0.39 is 0 Å². The van der Waals surface area contributed by atoms with E-state index in [1.54, 1.807) is 6.07 Å². The summed E-state index contributed by atoms with van der Waals surface area (Å²) in [5.74, 6) is 0.925. The molecule has 3 nitrogen and oxygen atoms in total. The first-order valence-corrected chi connectivity index (χ1v) is 6.65. The number of nitrogen functional groups attached to an aromatic ring is 1. The Morgan fingerprint density at radius 1 is 1.28 bits per heavy atom. The molecule has 1 aliphatic carbocycles. The minimum atomic E-state index is -0.259. The number of hydrogen-bond donors (Lipinski definition) is 1. The molecule has 1 aromatic carbocycles. The summed E-state index contributed by atoms with van der Waals surface area (Å²) < 4.78 is 15.2. The predicted octanol–water partition coefficient (Wildman–Crippen LogP) is 3.34. The Hall–Kier alpha value is -1.58. The van der Waals surface area contributed by atoms with Gasteiger partial charge in [-0.2, -0.15) is 0 Å². The van der Waals surface area contributed by atoms with Crippen LogP contribution < -0.4 is 5.73 Å². The van der Waals surface area contributed by atoms with Crippen molar-refractivity contribution in [1.82, 2.24) is 9.55 Å². The standard InChI is InChI=1S/C14H18FN3/c15-11-6-7-13-12(8-11)17-14(16)18(13)9-10-4-2-1-3-5-10/h6-8,10H,1-5,9H2,(H2,16,17). The van der Waals surface area contributed by atoms with Gasteiger partial charge in [-0.15, -0.1) is 0 Å². The zero-order chi connectivity index (χ0) is 12.5. The molecule has 0 radical (unpaired) electrons. The van der Waals surface area contributed by atoms with Crippen LogP contribution in [0.4, 0.5) is 10.3 Å². The maximum absolute atomic E-state index is 13.1. The highest BCUT2D eigenvalue weighted by Crippen LogP contribution is 2.28. The van der Waals surface area contributed by atoms with Crippen LogP contribution in [-0.2, 0) is 6.54 Å². The van der Waals surface area contributed by atoms with Gasteiger partial charge in [0.1, 0.15) is 5.82 Å². The lowest BCUT2D eigenvalue weighted by Gasteiger charge is -2.22. The smallest absolute Gasteiger partial charge is 0.201 e. The molecule has 1 aliphatic rings. The van der Waals surface area contributed by atoms with Crippen LogP contribution in [0.2, 0.25) is 0 Å². The number of anilines is 1. The molecule has 2 N–H and O–H groups in total. The van der Waals surface area contributed by atoms with Gasteiger partial charge >= 0.3 is 0 Å². The van der Waals surface area contributed by atoms with Gasteiger partial charge in [0.05, 0.1) is 11.0 Å². The van der Waals surface area contributed by atoms with Crippen LogP contribution in [0.3, 0.4) is 0 Å². The monoisotopic (exact) mass is 247 g/mol. The molecule has 0 amide bonds. The van der Waals surface area contributed by atoms with Gasteiger partial charge in [0.25, 0.3) is 0 Å². The van der Waals surface area contributed by atoms with Crippen LogP contribution in [-0.4, -0.2) is 9.55 Å². The number of hydrogen-bond acceptors (Lipinski definition) is 2. The summed E-state index contributed by atoms with van der Waals surface area (Å²) in [5, 5.41) is 0. The Morgan fingerprint density at radius 3 is 2.83 bits per heavy atom. The minimum absolute atomic E-state index is 0.259. The number of aromatic nitrogens is 2. The lowest BCUT2D eigenvalue weighted by molar-refractivity contribution is 0.323. The maximum atomic E-state index is 13.1. The van der Waals surface area contributed by atoms with Crippen LogP contribution in [0.25, 0.3) is 11.0 Å². The zero-order valence-electron chi connectivity index (χ0n) is 10.4. The summed E-state index contributed by atoms with van der Waals surface area (Å²) >= 11 is 0. The second-order valence-corrected chi connectivity index (χ2v) is 5.22. The number of halogens is 1. The summed E-state index contributed by atoms with van der Waals surface area (Å²) in [5.41, 5.74) is 7.55. The van der Waals surface area contributed by atoms with Crippen LogP contribution in [0.5, 0.6) is 0 Å². The van der Waals surface area contributed by atoms with Crippen molar-refractivity contribution >= 4 is 17.0 Å². The van der Waals surface area contributed by atoms with E-state index in [2.05, 4.69) is 4.98 Å². The summed E-state index contributed by atoms with van der Waals surface area (Å²) in [6.07, 6.45) is 6.50. The molecule has 0 unspecified atom stereocenters. The SMILES string of the molecule is Nc1nc2cc(F)ccc2n1CC1CCCCC1. The van der Waals surface area contributed by atoms with E-state index in [1.807, 2.05) is 4.57 Å². The molecule has 18 heavy (non-hydrogen) atoms. The maximum Gasteiger partial charge on any atom is 0.201 e. The fraction of sp³-hybridized carbons (Fsp3) is 0.500. The number of fused-ring (bicyclic) bond motifs is 1. The molecule has 0 aliphatic heterocycles. The average molecular weight is 247 g/mol. The third kappa shape index (κ3) is 2.07. The molecule has 0 spiro atoms. The quantitative estimate of drug-likeness (QED) is 0.884. The van der Waals surface area contributed by atoms with Crippen molar-refractivity contribution in [2.24, 2.45) is 5.92 Å². The first-order chi connectivity index (χ1) is 8.74. The highest BCUT2D eigenvalue weighted by Gasteiger charge is 2.17. The van der Waals surface area contributed by atoms with E-state index in [-0.39, 0.29) is 5.82 Å². The number of rotatable bonds is 2. The Kier molecular flexibility index (Phi) is 2.94. The molecule has 1 heterocycles. The Balaban J connectivity index is 1.92. The first-order valence-electron chi connectivity index (χ1n) is 6.65. The van der Waals surface area contributed by atoms with Crippen molar-refractivity contribution in [3.63, 3.8) is 0 Å². The van der Waals surface area contributed by atoms with Crippen molar-refractivity contribution < 1.29 is 4.39 Å². The molecule has 1 fully saturated rings. The molecular weight excluding hydrogens is 229 g/mol. The molecule has 3 rings (SSSR count). The second kappa shape index (κ2) is 4.59. The summed E-state index contributed by atoms with van der Waals surface area (Å²) in [6.45, 7) is 0.911. The van der Waals surface area contributed by atoms with Crippen LogP contribution in [0.15, 0.2) is 18.2 Å². The molecular formula is C14H18FN3. The van der Waals surface area contributed by atoms with E-state index in [1.165, 1.54) is 44.2 Å². The molecule has 4 heteroatoms. The van der Waals surface area contributed by atoms with E-state index in [0.717, 1.165) is 12.1 Å². The average Bonchev–Trinajstić information content (AvgIpc) is 2.66. The van der Waals surface area contributed by atoms with Crippen molar-refractivity contribution in [3.8, 4) is 0 Å². The van der Waals surface area contributed by atoms with Crippen LogP contribution in [0.1, 0.15) is 32.1 Å². The largest absolute Gasteiger partial charge is 0.369 e. The predicted molar refractivity (Wildman–Crippen MR) is 70.7 cm³/mol. The molecule has 2 aromatic rings. The third-order valence-electron chi connectivity index (χ3n) is 3.91. The second-order valence-electron chi connectivity index (χ2n) is 5.22. The van der Waals surface area contributed by atoms with E-state index in [4.69, 9.17) is 5.73 Å². The van der Waals surface area contributed by atoms with Crippen molar-refractivity contribution in [3.05, 3.63) is 24.0 Å². The molecule has 0 bridgehead atoms. The highest BCUT2D eigenvalue weighted by atomic mass is 19.1. The van der Waals surface area contributed by atoms with Gasteiger partial charge in [0.15, 0.2) is 0 Å². The molecule has 0 saturated heterocycles. The first kappa shape index (κ1) is 11.5. The lowest BCUT2D eigenvalue weighted by Crippen LogP contribution is -2.15. The fourth-order valence-corrected chi connectivity index (χ4v) is 2.94. The van der Waals surface area contributed by atoms with E-state index >= 15 is 0 Å². The van der Waals surface area contributed by atoms with Gasteiger partial charge in [-0.25, -0.2) is 9.37 Å². The zero-order valence-corrected chi connectivity index (χ0v) is 10.4. The highest BCUT2D eigenvalue weighted by molar-refractivity contribution is 5.78. The van der Waals surface area contributed by atoms with E-state index in [0.29, 0.717) is 17.4 Å². The van der Waals surface area contributed by atoms with Crippen molar-refractivity contribution in [2.45, 2.75) is 38.6 Å². The van der Waals surface area contributed by atoms with Crippen LogP contribution in [0, 0.1) is 11.7 Å². The number of benzene rings is 1. The van der Waals surface area contributed by atoms with E-state index in [9.17, 15) is 4.39 Å².